The van der Waals surface area contributed by atoms with Gasteiger partial charge in [0.1, 0.15) is 5.75 Å². The van der Waals surface area contributed by atoms with Gasteiger partial charge in [0.15, 0.2) is 0 Å². The molecule has 3 heteroatoms. The lowest BCUT2D eigenvalue weighted by Crippen LogP contribution is -1.87. The van der Waals surface area contributed by atoms with Crippen LogP contribution in [-0.4, -0.2) is 10.9 Å². The second-order valence-electron chi connectivity index (χ2n) is 2.60. The van der Waals surface area contributed by atoms with Crippen LogP contribution < -0.4 is 0 Å². The van der Waals surface area contributed by atoms with Gasteiger partial charge in [0, 0.05) is 4.47 Å². The summed E-state index contributed by atoms with van der Waals surface area (Å²) < 4.78 is 1.06. The Kier molecular flexibility index (Phi) is 3.95. The van der Waals surface area contributed by atoms with Gasteiger partial charge < -0.3 is 5.11 Å². The van der Waals surface area contributed by atoms with E-state index in [0.717, 1.165) is 28.6 Å². The lowest BCUT2D eigenvalue weighted by atomic mass is 10.1. The zero-order valence-corrected chi connectivity index (χ0v) is 9.11. The molecule has 0 unspecified atom stereocenters. The maximum Gasteiger partial charge on any atom is 0.115 e. The molecule has 0 aromatic heterocycles. The van der Waals surface area contributed by atoms with E-state index >= 15 is 0 Å². The highest BCUT2D eigenvalue weighted by Crippen LogP contribution is 2.22. The number of aryl methyl sites for hydroxylation is 1. The molecule has 0 aliphatic rings. The highest BCUT2D eigenvalue weighted by molar-refractivity contribution is 9.10. The summed E-state index contributed by atoms with van der Waals surface area (Å²) in [5, 5.41) is 9.20. The number of aromatic hydroxyl groups is 1. The number of hydrogen-bond donors (Lipinski definition) is 2. The predicted molar refractivity (Wildman–Crippen MR) is 58.0 cm³/mol. The fourth-order valence-electron chi connectivity index (χ4n) is 1.02. The van der Waals surface area contributed by atoms with E-state index in [-0.39, 0.29) is 0 Å². The van der Waals surface area contributed by atoms with Gasteiger partial charge in [-0.15, -0.1) is 0 Å². The van der Waals surface area contributed by atoms with E-state index < -0.39 is 0 Å². The van der Waals surface area contributed by atoms with Crippen LogP contribution >= 0.6 is 28.6 Å². The van der Waals surface area contributed by atoms with E-state index in [2.05, 4.69) is 28.6 Å². The van der Waals surface area contributed by atoms with Crippen molar-refractivity contribution in [3.63, 3.8) is 0 Å². The topological polar surface area (TPSA) is 20.2 Å². The fraction of sp³-hybridized carbons (Fsp3) is 0.333. The van der Waals surface area contributed by atoms with Crippen LogP contribution in [-0.2, 0) is 6.42 Å². The van der Waals surface area contributed by atoms with Crippen molar-refractivity contribution >= 4 is 28.6 Å². The van der Waals surface area contributed by atoms with Crippen LogP contribution in [0.3, 0.4) is 0 Å². The molecule has 0 saturated carbocycles. The number of halogens is 1. The Morgan fingerprint density at radius 2 is 2.17 bits per heavy atom. The number of hydrogen-bond acceptors (Lipinski definition) is 2. The monoisotopic (exact) mass is 246 g/mol. The van der Waals surface area contributed by atoms with Gasteiger partial charge in [0.05, 0.1) is 0 Å². The molecule has 0 aliphatic heterocycles. The second-order valence-corrected chi connectivity index (χ2v) is 3.90. The van der Waals surface area contributed by atoms with Crippen molar-refractivity contribution in [2.75, 3.05) is 5.75 Å². The quantitative estimate of drug-likeness (QED) is 0.786. The number of thiol groups is 1. The van der Waals surface area contributed by atoms with Crippen LogP contribution in [0.15, 0.2) is 22.7 Å². The first-order chi connectivity index (χ1) is 5.74. The van der Waals surface area contributed by atoms with Crippen LogP contribution in [0, 0.1) is 0 Å². The van der Waals surface area contributed by atoms with Gasteiger partial charge in [-0.3, -0.25) is 0 Å². The van der Waals surface area contributed by atoms with Crippen LogP contribution in [0.4, 0.5) is 0 Å². The third-order valence-corrected chi connectivity index (χ3v) is 2.72. The second kappa shape index (κ2) is 4.77. The molecule has 1 aromatic rings. The fourth-order valence-corrected chi connectivity index (χ4v) is 1.63. The third-order valence-electron chi connectivity index (χ3n) is 1.63. The van der Waals surface area contributed by atoms with E-state index in [9.17, 15) is 5.11 Å². The molecule has 0 spiro atoms. The summed E-state index contributed by atoms with van der Waals surface area (Å²) in [6.45, 7) is 0. The maximum absolute atomic E-state index is 9.20. The Morgan fingerprint density at radius 1 is 1.42 bits per heavy atom. The Hall–Kier alpha value is -0.150. The standard InChI is InChI=1S/C9H11BrOS/c10-9-4-3-8(11)6-7(9)2-1-5-12/h3-4,6,11-12H,1-2,5H2. The van der Waals surface area contributed by atoms with Crippen LogP contribution in [0.5, 0.6) is 5.75 Å². The van der Waals surface area contributed by atoms with Crippen molar-refractivity contribution in [3.8, 4) is 5.75 Å². The molecule has 0 bridgehead atoms. The van der Waals surface area contributed by atoms with Gasteiger partial charge in [-0.2, -0.15) is 12.6 Å². The molecule has 1 aromatic carbocycles. The summed E-state index contributed by atoms with van der Waals surface area (Å²) in [7, 11) is 0. The van der Waals surface area contributed by atoms with Gasteiger partial charge in [0.2, 0.25) is 0 Å². The Bertz CT molecular complexity index is 263. The minimum absolute atomic E-state index is 0.326. The lowest BCUT2D eigenvalue weighted by Gasteiger charge is -2.03. The van der Waals surface area contributed by atoms with E-state index in [0.29, 0.717) is 5.75 Å². The number of phenols is 1. The van der Waals surface area contributed by atoms with Crippen molar-refractivity contribution in [2.24, 2.45) is 0 Å². The molecule has 66 valence electrons. The van der Waals surface area contributed by atoms with Crippen molar-refractivity contribution in [2.45, 2.75) is 12.8 Å². The molecule has 0 atom stereocenters. The Labute approximate surface area is 86.3 Å². The molecule has 0 aliphatic carbocycles. The summed E-state index contributed by atoms with van der Waals surface area (Å²) in [6.07, 6.45) is 1.99. The zero-order chi connectivity index (χ0) is 8.97. The summed E-state index contributed by atoms with van der Waals surface area (Å²) in [4.78, 5) is 0. The highest BCUT2D eigenvalue weighted by Gasteiger charge is 1.99. The summed E-state index contributed by atoms with van der Waals surface area (Å²) >= 11 is 7.56. The molecule has 0 amide bonds. The third kappa shape index (κ3) is 2.72. The largest absolute Gasteiger partial charge is 0.508 e. The minimum atomic E-state index is 0.326. The summed E-state index contributed by atoms with van der Waals surface area (Å²) in [6, 6.07) is 5.32. The van der Waals surface area contributed by atoms with Gasteiger partial charge in [0.25, 0.3) is 0 Å². The zero-order valence-electron chi connectivity index (χ0n) is 6.63. The number of rotatable bonds is 3. The first kappa shape index (κ1) is 9.93. The van der Waals surface area contributed by atoms with E-state index in [1.165, 1.54) is 0 Å². The van der Waals surface area contributed by atoms with Crippen LogP contribution in [0.1, 0.15) is 12.0 Å². The Balaban J connectivity index is 2.75. The van der Waals surface area contributed by atoms with E-state index in [4.69, 9.17) is 0 Å². The SMILES string of the molecule is Oc1ccc(Br)c(CCCS)c1. The average Bonchev–Trinajstić information content (AvgIpc) is 2.07. The van der Waals surface area contributed by atoms with Crippen LogP contribution in [0.25, 0.3) is 0 Å². The molecule has 1 nitrogen and oxygen atoms in total. The summed E-state index contributed by atoms with van der Waals surface area (Å²) in [5.41, 5.74) is 1.14. The van der Waals surface area contributed by atoms with E-state index in [1.54, 1.807) is 12.1 Å². The summed E-state index contributed by atoms with van der Waals surface area (Å²) in [5.74, 6) is 1.20. The molecule has 1 N–H and O–H groups in total. The Morgan fingerprint density at radius 3 is 2.83 bits per heavy atom. The molecular weight excluding hydrogens is 236 g/mol. The van der Waals surface area contributed by atoms with Crippen molar-refractivity contribution < 1.29 is 5.11 Å². The molecule has 0 saturated heterocycles. The van der Waals surface area contributed by atoms with Crippen molar-refractivity contribution in [1.29, 1.82) is 0 Å². The molecule has 12 heavy (non-hydrogen) atoms. The average molecular weight is 247 g/mol. The molecule has 0 fully saturated rings. The number of phenolic OH excluding ortho intramolecular Hbond substituents is 1. The normalized spacial score (nSPS) is 10.2. The smallest absolute Gasteiger partial charge is 0.115 e. The first-order valence-electron chi connectivity index (χ1n) is 3.82. The first-order valence-corrected chi connectivity index (χ1v) is 5.25. The van der Waals surface area contributed by atoms with Gasteiger partial charge >= 0.3 is 0 Å². The van der Waals surface area contributed by atoms with Crippen LogP contribution in [0.2, 0.25) is 0 Å². The van der Waals surface area contributed by atoms with Crippen molar-refractivity contribution in [3.05, 3.63) is 28.2 Å². The predicted octanol–water partition coefficient (Wildman–Crippen LogP) is 3.02. The minimum Gasteiger partial charge on any atom is -0.508 e. The maximum atomic E-state index is 9.20. The van der Waals surface area contributed by atoms with Crippen molar-refractivity contribution in [1.82, 2.24) is 0 Å². The molecule has 0 heterocycles. The van der Waals surface area contributed by atoms with Gasteiger partial charge in [-0.1, -0.05) is 15.9 Å². The van der Waals surface area contributed by atoms with E-state index in [1.807, 2.05) is 6.07 Å². The van der Waals surface area contributed by atoms with Gasteiger partial charge in [-0.05, 0) is 42.4 Å². The number of benzene rings is 1. The highest BCUT2D eigenvalue weighted by atomic mass is 79.9. The molecule has 0 radical (unpaired) electrons. The molecular formula is C9H11BrOS. The lowest BCUT2D eigenvalue weighted by molar-refractivity contribution is 0.474. The molecule has 1 rings (SSSR count). The van der Waals surface area contributed by atoms with Gasteiger partial charge in [-0.25, -0.2) is 0 Å².